The topological polar surface area (TPSA) is 29.5 Å². The first-order valence-electron chi connectivity index (χ1n) is 5.29. The van der Waals surface area contributed by atoms with Gasteiger partial charge in [-0.05, 0) is 30.2 Å². The predicted molar refractivity (Wildman–Crippen MR) is 57.8 cm³/mol. The van der Waals surface area contributed by atoms with Crippen LogP contribution in [0.2, 0.25) is 0 Å². The molecule has 0 fully saturated rings. The molecule has 2 nitrogen and oxygen atoms in total. The summed E-state index contributed by atoms with van der Waals surface area (Å²) in [7, 11) is 0. The number of ether oxygens (including phenoxy) is 1. The summed E-state index contributed by atoms with van der Waals surface area (Å²) in [6.07, 6.45) is -4.96. The Morgan fingerprint density at radius 2 is 1.71 bits per heavy atom. The van der Waals surface area contributed by atoms with E-state index in [0.717, 1.165) is 12.1 Å². The van der Waals surface area contributed by atoms with Crippen LogP contribution < -0.4 is 4.74 Å². The van der Waals surface area contributed by atoms with Crippen LogP contribution in [0.3, 0.4) is 0 Å². The lowest BCUT2D eigenvalue weighted by Gasteiger charge is -2.15. The Labute approximate surface area is 98.0 Å². The molecule has 0 amide bonds. The Balaban J connectivity index is 2.57. The Morgan fingerprint density at radius 3 is 2.12 bits per heavy atom. The van der Waals surface area contributed by atoms with Crippen LogP contribution in [0.15, 0.2) is 24.3 Å². The van der Waals surface area contributed by atoms with Gasteiger partial charge in [-0.1, -0.05) is 13.8 Å². The fourth-order valence-electron chi connectivity index (χ4n) is 1.11. The average Bonchev–Trinajstić information content (AvgIpc) is 2.25. The number of aliphatic hydroxyl groups excluding tert-OH is 1. The van der Waals surface area contributed by atoms with Crippen LogP contribution in [0.5, 0.6) is 5.75 Å². The van der Waals surface area contributed by atoms with E-state index in [9.17, 15) is 18.3 Å². The first kappa shape index (κ1) is 13.8. The third-order valence-corrected chi connectivity index (χ3v) is 2.37. The van der Waals surface area contributed by atoms with Crippen LogP contribution in [0.4, 0.5) is 13.2 Å². The van der Waals surface area contributed by atoms with Gasteiger partial charge in [0.25, 0.3) is 0 Å². The third kappa shape index (κ3) is 4.26. The second-order valence-corrected chi connectivity index (χ2v) is 4.14. The number of hydrogen-bond donors (Lipinski definition) is 1. The van der Waals surface area contributed by atoms with E-state index in [1.54, 1.807) is 0 Å². The van der Waals surface area contributed by atoms with Crippen LogP contribution >= 0.6 is 0 Å². The van der Waals surface area contributed by atoms with E-state index in [2.05, 4.69) is 0 Å². The van der Waals surface area contributed by atoms with E-state index < -0.39 is 17.8 Å². The number of hydrogen-bond acceptors (Lipinski definition) is 2. The summed E-state index contributed by atoms with van der Waals surface area (Å²) in [5.74, 6) is 0.363. The number of benzene rings is 1. The van der Waals surface area contributed by atoms with Crippen molar-refractivity contribution in [2.45, 2.75) is 26.1 Å². The molecule has 1 N–H and O–H groups in total. The van der Waals surface area contributed by atoms with Crippen molar-refractivity contribution in [2.24, 2.45) is 5.92 Å². The lowest BCUT2D eigenvalue weighted by atomic mass is 10.1. The standard InChI is InChI=1S/C12H15F3O2/c1-8(2)11(16)7-17-10-5-3-9(4-6-10)12(13,14)15/h3-6,8,11,16H,7H2,1-2H3. The van der Waals surface area contributed by atoms with Crippen molar-refractivity contribution in [3.05, 3.63) is 29.8 Å². The summed E-state index contributed by atoms with van der Waals surface area (Å²) in [4.78, 5) is 0. The largest absolute Gasteiger partial charge is 0.491 e. The van der Waals surface area contributed by atoms with Crippen molar-refractivity contribution in [1.29, 1.82) is 0 Å². The number of halogens is 3. The van der Waals surface area contributed by atoms with Gasteiger partial charge < -0.3 is 9.84 Å². The molecule has 17 heavy (non-hydrogen) atoms. The zero-order chi connectivity index (χ0) is 13.1. The summed E-state index contributed by atoms with van der Waals surface area (Å²) >= 11 is 0. The molecule has 0 aliphatic carbocycles. The lowest BCUT2D eigenvalue weighted by Crippen LogP contribution is -2.23. The monoisotopic (exact) mass is 248 g/mol. The zero-order valence-electron chi connectivity index (χ0n) is 9.66. The van der Waals surface area contributed by atoms with Crippen molar-refractivity contribution in [2.75, 3.05) is 6.61 Å². The zero-order valence-corrected chi connectivity index (χ0v) is 9.66. The van der Waals surface area contributed by atoms with Crippen molar-refractivity contribution in [1.82, 2.24) is 0 Å². The molecule has 0 aliphatic rings. The maximum atomic E-state index is 12.3. The molecule has 5 heteroatoms. The van der Waals surface area contributed by atoms with Gasteiger partial charge in [0, 0.05) is 0 Å². The first-order chi connectivity index (χ1) is 7.80. The van der Waals surface area contributed by atoms with Gasteiger partial charge in [0.2, 0.25) is 0 Å². The predicted octanol–water partition coefficient (Wildman–Crippen LogP) is 3.10. The van der Waals surface area contributed by atoms with Gasteiger partial charge in [-0.15, -0.1) is 0 Å². The summed E-state index contributed by atoms with van der Waals surface area (Å²) in [6.45, 7) is 3.74. The summed E-state index contributed by atoms with van der Waals surface area (Å²) in [5.41, 5.74) is -0.714. The molecule has 0 aliphatic heterocycles. The highest BCUT2D eigenvalue weighted by Gasteiger charge is 2.30. The van der Waals surface area contributed by atoms with E-state index >= 15 is 0 Å². The smallest absolute Gasteiger partial charge is 0.416 e. The van der Waals surface area contributed by atoms with E-state index in [1.807, 2.05) is 13.8 Å². The molecule has 1 atom stereocenters. The molecular weight excluding hydrogens is 233 g/mol. The Bertz CT molecular complexity index is 344. The summed E-state index contributed by atoms with van der Waals surface area (Å²) in [6, 6.07) is 4.40. The van der Waals surface area contributed by atoms with Gasteiger partial charge in [-0.2, -0.15) is 13.2 Å². The van der Waals surface area contributed by atoms with Crippen LogP contribution in [0.1, 0.15) is 19.4 Å². The fraction of sp³-hybridized carbons (Fsp3) is 0.500. The second-order valence-electron chi connectivity index (χ2n) is 4.14. The van der Waals surface area contributed by atoms with Crippen molar-refractivity contribution >= 4 is 0 Å². The van der Waals surface area contributed by atoms with Gasteiger partial charge in [0.05, 0.1) is 11.7 Å². The Kier molecular flexibility index (Phi) is 4.40. The Morgan fingerprint density at radius 1 is 1.18 bits per heavy atom. The van der Waals surface area contributed by atoms with Crippen molar-refractivity contribution < 1.29 is 23.0 Å². The minimum absolute atomic E-state index is 0.0458. The molecule has 0 bridgehead atoms. The highest BCUT2D eigenvalue weighted by atomic mass is 19.4. The molecule has 0 saturated carbocycles. The molecule has 0 spiro atoms. The van der Waals surface area contributed by atoms with Crippen molar-refractivity contribution in [3.8, 4) is 5.75 Å². The highest BCUT2D eigenvalue weighted by Crippen LogP contribution is 2.30. The molecule has 1 rings (SSSR count). The summed E-state index contributed by atoms with van der Waals surface area (Å²) < 4.78 is 42.0. The lowest BCUT2D eigenvalue weighted by molar-refractivity contribution is -0.137. The minimum atomic E-state index is -4.34. The number of aliphatic hydroxyl groups is 1. The first-order valence-corrected chi connectivity index (χ1v) is 5.29. The molecular formula is C12H15F3O2. The van der Waals surface area contributed by atoms with Gasteiger partial charge in [-0.25, -0.2) is 0 Å². The molecule has 0 radical (unpaired) electrons. The van der Waals surface area contributed by atoms with E-state index in [1.165, 1.54) is 12.1 Å². The number of rotatable bonds is 4. The van der Waals surface area contributed by atoms with Crippen LogP contribution in [0, 0.1) is 5.92 Å². The SMILES string of the molecule is CC(C)C(O)COc1ccc(C(F)(F)F)cc1. The van der Waals surface area contributed by atoms with Crippen molar-refractivity contribution in [3.63, 3.8) is 0 Å². The summed E-state index contributed by atoms with van der Waals surface area (Å²) in [5, 5.41) is 9.47. The van der Waals surface area contributed by atoms with Crippen LogP contribution in [-0.2, 0) is 6.18 Å². The maximum absolute atomic E-state index is 12.3. The minimum Gasteiger partial charge on any atom is -0.491 e. The normalized spacial score (nSPS) is 13.8. The molecule has 0 aromatic heterocycles. The van der Waals surface area contributed by atoms with Gasteiger partial charge >= 0.3 is 6.18 Å². The highest BCUT2D eigenvalue weighted by molar-refractivity contribution is 5.28. The van der Waals surface area contributed by atoms with Gasteiger partial charge in [-0.3, -0.25) is 0 Å². The van der Waals surface area contributed by atoms with E-state index in [0.29, 0.717) is 5.75 Å². The van der Waals surface area contributed by atoms with Crippen LogP contribution in [-0.4, -0.2) is 17.8 Å². The maximum Gasteiger partial charge on any atom is 0.416 e. The van der Waals surface area contributed by atoms with Crippen LogP contribution in [0.25, 0.3) is 0 Å². The molecule has 1 aromatic carbocycles. The van der Waals surface area contributed by atoms with E-state index in [4.69, 9.17) is 4.74 Å². The fourth-order valence-corrected chi connectivity index (χ4v) is 1.11. The molecule has 0 heterocycles. The molecule has 96 valence electrons. The van der Waals surface area contributed by atoms with Gasteiger partial charge in [0.15, 0.2) is 0 Å². The van der Waals surface area contributed by atoms with E-state index in [-0.39, 0.29) is 12.5 Å². The second kappa shape index (κ2) is 5.40. The molecule has 1 aromatic rings. The Hall–Kier alpha value is -1.23. The molecule has 1 unspecified atom stereocenters. The third-order valence-electron chi connectivity index (χ3n) is 2.37. The average molecular weight is 248 g/mol. The number of alkyl halides is 3. The molecule has 0 saturated heterocycles. The van der Waals surface area contributed by atoms with Gasteiger partial charge in [0.1, 0.15) is 12.4 Å². The quantitative estimate of drug-likeness (QED) is 0.887.